The van der Waals surface area contributed by atoms with Crippen molar-refractivity contribution in [1.29, 1.82) is 0 Å². The average molecular weight is 352 g/mol. The fourth-order valence-electron chi connectivity index (χ4n) is 3.73. The molecular weight excluding hydrogens is 322 g/mol. The second-order valence-corrected chi connectivity index (χ2v) is 8.22. The lowest BCUT2D eigenvalue weighted by Crippen LogP contribution is -2.50. The van der Waals surface area contributed by atoms with Gasteiger partial charge in [-0.2, -0.15) is 0 Å². The quantitative estimate of drug-likeness (QED) is 0.818. The molecule has 0 N–H and O–H groups in total. The van der Waals surface area contributed by atoms with E-state index in [0.717, 1.165) is 57.1 Å². The van der Waals surface area contributed by atoms with Crippen molar-refractivity contribution in [2.24, 2.45) is 5.92 Å². The van der Waals surface area contributed by atoms with Gasteiger partial charge in [-0.15, -0.1) is 0 Å². The van der Waals surface area contributed by atoms with Crippen LogP contribution in [0.1, 0.15) is 46.0 Å². The van der Waals surface area contributed by atoms with Crippen molar-refractivity contribution in [3.8, 4) is 5.19 Å². The van der Waals surface area contributed by atoms with Crippen LogP contribution in [0.25, 0.3) is 0 Å². The third-order valence-corrected chi connectivity index (χ3v) is 5.73. The van der Waals surface area contributed by atoms with Crippen LogP contribution < -0.4 is 4.74 Å². The first-order chi connectivity index (χ1) is 11.6. The van der Waals surface area contributed by atoms with Crippen LogP contribution in [0.5, 0.6) is 5.19 Å². The maximum absolute atomic E-state index is 12.2. The molecule has 3 rings (SSSR count). The van der Waals surface area contributed by atoms with Gasteiger partial charge in [-0.25, -0.2) is 4.98 Å². The van der Waals surface area contributed by atoms with Gasteiger partial charge in [-0.1, -0.05) is 25.2 Å². The summed E-state index contributed by atoms with van der Waals surface area (Å²) in [4.78, 5) is 21.1. The van der Waals surface area contributed by atoms with Crippen molar-refractivity contribution in [3.63, 3.8) is 0 Å². The molecular formula is C18H29N3O2S. The highest BCUT2D eigenvalue weighted by molar-refractivity contribution is 7.11. The van der Waals surface area contributed by atoms with Crippen molar-refractivity contribution in [3.05, 3.63) is 11.6 Å². The lowest BCUT2D eigenvalue weighted by molar-refractivity contribution is -0.133. The van der Waals surface area contributed by atoms with Gasteiger partial charge in [0, 0.05) is 50.2 Å². The third-order valence-electron chi connectivity index (χ3n) is 5.07. The molecule has 0 unspecified atom stereocenters. The number of aromatic nitrogens is 1. The monoisotopic (exact) mass is 351 g/mol. The molecule has 0 aromatic carbocycles. The number of thiazole rings is 1. The number of amides is 1. The molecule has 1 aromatic rings. The minimum Gasteiger partial charge on any atom is -0.467 e. The van der Waals surface area contributed by atoms with Crippen LogP contribution in [-0.2, 0) is 4.79 Å². The number of nitrogens with zero attached hydrogens (tertiary/aromatic N) is 3. The van der Waals surface area contributed by atoms with Crippen molar-refractivity contribution in [2.45, 2.75) is 58.1 Å². The molecule has 0 saturated carbocycles. The van der Waals surface area contributed by atoms with E-state index < -0.39 is 0 Å². The molecule has 0 aliphatic carbocycles. The van der Waals surface area contributed by atoms with E-state index in [-0.39, 0.29) is 0 Å². The van der Waals surface area contributed by atoms with Crippen LogP contribution in [0, 0.1) is 5.92 Å². The van der Waals surface area contributed by atoms with E-state index in [2.05, 4.69) is 28.6 Å². The Balaban J connectivity index is 1.39. The summed E-state index contributed by atoms with van der Waals surface area (Å²) < 4.78 is 5.94. The summed E-state index contributed by atoms with van der Waals surface area (Å²) in [7, 11) is 0. The second-order valence-electron chi connectivity index (χ2n) is 7.36. The maximum atomic E-state index is 12.2. The van der Waals surface area contributed by atoms with Gasteiger partial charge in [0.2, 0.25) is 5.91 Å². The zero-order chi connectivity index (χ0) is 16.9. The van der Waals surface area contributed by atoms with Gasteiger partial charge in [0.05, 0.1) is 0 Å². The molecule has 134 valence electrons. The minimum absolute atomic E-state index is 0.306. The largest absolute Gasteiger partial charge is 0.467 e. The standard InChI is InChI=1S/C18H29N3O2S/c1-14(2)13-17(22)21-8-3-15(4-9-21)20-10-5-16(6-11-20)23-18-19-7-12-24-18/h7,12,14-16H,3-6,8-11,13H2,1-2H3. The van der Waals surface area contributed by atoms with E-state index in [0.29, 0.717) is 30.4 Å². The lowest BCUT2D eigenvalue weighted by atomic mass is 9.98. The van der Waals surface area contributed by atoms with Gasteiger partial charge in [-0.05, 0) is 31.6 Å². The summed E-state index contributed by atoms with van der Waals surface area (Å²) in [5.74, 6) is 0.783. The topological polar surface area (TPSA) is 45.7 Å². The van der Waals surface area contributed by atoms with Crippen LogP contribution in [0.4, 0.5) is 0 Å². The van der Waals surface area contributed by atoms with Gasteiger partial charge in [0.1, 0.15) is 6.10 Å². The Bertz CT molecular complexity index is 504. The Morgan fingerprint density at radius 3 is 2.54 bits per heavy atom. The van der Waals surface area contributed by atoms with Crippen LogP contribution in [-0.4, -0.2) is 59.0 Å². The fourth-order valence-corrected chi connectivity index (χ4v) is 4.28. The summed E-state index contributed by atoms with van der Waals surface area (Å²) in [5, 5.41) is 2.75. The van der Waals surface area contributed by atoms with Crippen molar-refractivity contribution in [2.75, 3.05) is 26.2 Å². The van der Waals surface area contributed by atoms with Crippen molar-refractivity contribution in [1.82, 2.24) is 14.8 Å². The van der Waals surface area contributed by atoms with Crippen LogP contribution in [0.2, 0.25) is 0 Å². The first-order valence-corrected chi connectivity index (χ1v) is 10.1. The van der Waals surface area contributed by atoms with Crippen LogP contribution in [0.15, 0.2) is 11.6 Å². The van der Waals surface area contributed by atoms with Crippen molar-refractivity contribution < 1.29 is 9.53 Å². The van der Waals surface area contributed by atoms with Gasteiger partial charge in [0.25, 0.3) is 5.19 Å². The van der Waals surface area contributed by atoms with Gasteiger partial charge < -0.3 is 9.64 Å². The van der Waals surface area contributed by atoms with E-state index in [1.807, 2.05) is 5.38 Å². The molecule has 1 aromatic heterocycles. The second kappa shape index (κ2) is 8.30. The lowest BCUT2D eigenvalue weighted by Gasteiger charge is -2.41. The summed E-state index contributed by atoms with van der Waals surface area (Å²) in [6.07, 6.45) is 7.16. The summed E-state index contributed by atoms with van der Waals surface area (Å²) in [6.45, 7) is 8.27. The molecule has 1 amide bonds. The molecule has 5 nitrogen and oxygen atoms in total. The Labute approximate surface area is 149 Å². The molecule has 2 saturated heterocycles. The number of carbonyl (C=O) groups is 1. The summed E-state index contributed by atoms with van der Waals surface area (Å²) in [6, 6.07) is 0.633. The molecule has 2 fully saturated rings. The molecule has 0 radical (unpaired) electrons. The maximum Gasteiger partial charge on any atom is 0.273 e. The number of carbonyl (C=O) groups excluding carboxylic acids is 1. The van der Waals surface area contributed by atoms with E-state index in [1.54, 1.807) is 17.5 Å². The van der Waals surface area contributed by atoms with E-state index in [4.69, 9.17) is 4.74 Å². The fraction of sp³-hybridized carbons (Fsp3) is 0.778. The first-order valence-electron chi connectivity index (χ1n) is 9.20. The normalized spacial score (nSPS) is 21.4. The highest BCUT2D eigenvalue weighted by atomic mass is 32.1. The highest BCUT2D eigenvalue weighted by Crippen LogP contribution is 2.25. The molecule has 0 bridgehead atoms. The molecule has 2 aliphatic heterocycles. The minimum atomic E-state index is 0.306. The number of hydrogen-bond donors (Lipinski definition) is 0. The van der Waals surface area contributed by atoms with E-state index in [1.165, 1.54) is 0 Å². The van der Waals surface area contributed by atoms with Gasteiger partial charge in [0.15, 0.2) is 0 Å². The van der Waals surface area contributed by atoms with Crippen molar-refractivity contribution >= 4 is 17.2 Å². The molecule has 3 heterocycles. The predicted octanol–water partition coefficient (Wildman–Crippen LogP) is 3.02. The first kappa shape index (κ1) is 17.7. The summed E-state index contributed by atoms with van der Waals surface area (Å²) >= 11 is 1.57. The molecule has 6 heteroatoms. The molecule has 0 spiro atoms. The number of rotatable bonds is 5. The highest BCUT2D eigenvalue weighted by Gasteiger charge is 2.30. The number of ether oxygens (including phenoxy) is 1. The van der Waals surface area contributed by atoms with E-state index >= 15 is 0 Å². The third kappa shape index (κ3) is 4.70. The zero-order valence-corrected chi connectivity index (χ0v) is 15.6. The predicted molar refractivity (Wildman–Crippen MR) is 96.4 cm³/mol. The van der Waals surface area contributed by atoms with E-state index in [9.17, 15) is 4.79 Å². The molecule has 24 heavy (non-hydrogen) atoms. The molecule has 2 aliphatic rings. The van der Waals surface area contributed by atoms with Crippen LogP contribution in [0.3, 0.4) is 0 Å². The Morgan fingerprint density at radius 1 is 1.25 bits per heavy atom. The molecule has 0 atom stereocenters. The van der Waals surface area contributed by atoms with Crippen LogP contribution >= 0.6 is 11.3 Å². The SMILES string of the molecule is CC(C)CC(=O)N1CCC(N2CCC(Oc3nccs3)CC2)CC1. The number of hydrogen-bond acceptors (Lipinski definition) is 5. The zero-order valence-electron chi connectivity index (χ0n) is 14.8. The Hall–Kier alpha value is -1.14. The Kier molecular flexibility index (Phi) is 6.11. The smallest absolute Gasteiger partial charge is 0.273 e. The van der Waals surface area contributed by atoms with Gasteiger partial charge >= 0.3 is 0 Å². The summed E-state index contributed by atoms with van der Waals surface area (Å²) in [5.41, 5.74) is 0. The number of likely N-dealkylation sites (tertiary alicyclic amines) is 2. The number of piperidine rings is 2. The van der Waals surface area contributed by atoms with Gasteiger partial charge in [-0.3, -0.25) is 9.69 Å². The Morgan fingerprint density at radius 2 is 1.96 bits per heavy atom. The average Bonchev–Trinajstić information content (AvgIpc) is 3.08.